The number of esters is 1. The van der Waals surface area contributed by atoms with E-state index in [1.807, 2.05) is 78.9 Å². The molecular weight excluding hydrogens is 560 g/mol. The molecule has 1 fully saturated rings. The summed E-state index contributed by atoms with van der Waals surface area (Å²) in [6.07, 6.45) is 3.91. The number of ether oxygens (including phenoxy) is 2. The molecule has 2 atom stereocenters. The number of carbonyl (C=O) groups is 3. The molecule has 210 valence electrons. The van der Waals surface area contributed by atoms with E-state index in [1.54, 1.807) is 19.2 Å². The number of hydrogen-bond donors (Lipinski definition) is 1. The number of benzene rings is 3. The molecule has 5 rings (SSSR count). The van der Waals surface area contributed by atoms with Gasteiger partial charge in [0.15, 0.2) is 0 Å². The number of halogens is 1. The predicted octanol–water partition coefficient (Wildman–Crippen LogP) is 5.09. The summed E-state index contributed by atoms with van der Waals surface area (Å²) in [6, 6.07) is 23.6. The highest BCUT2D eigenvalue weighted by Crippen LogP contribution is 2.41. The van der Waals surface area contributed by atoms with Crippen molar-refractivity contribution in [2.75, 3.05) is 12.9 Å². The van der Waals surface area contributed by atoms with Crippen molar-refractivity contribution in [3.63, 3.8) is 0 Å². The van der Waals surface area contributed by atoms with Gasteiger partial charge in [-0.05, 0) is 40.0 Å². The van der Waals surface area contributed by atoms with E-state index in [-0.39, 0.29) is 30.5 Å². The monoisotopic (exact) mass is 588 g/mol. The van der Waals surface area contributed by atoms with Gasteiger partial charge >= 0.3 is 5.97 Å². The molecular formula is C32H29ClN2O5S. The number of β-lactam (4-membered cyclic amide) rings is 1. The SMILES string of the molecule is COc1ccc(COC(=O)C2=C(/C=C/c3ccc(CCl)cc3)CS[C@@H]3[C@H](NC(=O)Cc4ccccc4)C(=O)N23)cc1. The number of allylic oxidation sites excluding steroid dienone is 1. The maximum absolute atomic E-state index is 13.5. The zero-order valence-electron chi connectivity index (χ0n) is 22.4. The number of alkyl halides is 1. The van der Waals surface area contributed by atoms with E-state index in [0.717, 1.165) is 22.3 Å². The lowest BCUT2D eigenvalue weighted by Gasteiger charge is -2.49. The van der Waals surface area contributed by atoms with Gasteiger partial charge < -0.3 is 14.8 Å². The van der Waals surface area contributed by atoms with Crippen LogP contribution >= 0.6 is 23.4 Å². The molecule has 9 heteroatoms. The molecule has 2 aliphatic rings. The van der Waals surface area contributed by atoms with Crippen molar-refractivity contribution < 1.29 is 23.9 Å². The van der Waals surface area contributed by atoms with E-state index in [2.05, 4.69) is 5.32 Å². The van der Waals surface area contributed by atoms with Crippen LogP contribution < -0.4 is 10.1 Å². The highest BCUT2D eigenvalue weighted by Gasteiger charge is 2.54. The first-order valence-electron chi connectivity index (χ1n) is 13.1. The lowest BCUT2D eigenvalue weighted by atomic mass is 10.0. The van der Waals surface area contributed by atoms with Gasteiger partial charge in [0.1, 0.15) is 29.5 Å². The number of nitrogens with one attached hydrogen (secondary N) is 1. The third-order valence-electron chi connectivity index (χ3n) is 6.86. The summed E-state index contributed by atoms with van der Waals surface area (Å²) in [6.45, 7) is 0.0420. The first kappa shape index (κ1) is 28.5. The molecule has 3 aromatic carbocycles. The molecule has 0 radical (unpaired) electrons. The molecule has 7 nitrogen and oxygen atoms in total. The molecule has 2 aliphatic heterocycles. The summed E-state index contributed by atoms with van der Waals surface area (Å²) in [5, 5.41) is 2.46. The number of methoxy groups -OCH3 is 1. The Balaban J connectivity index is 1.34. The fourth-order valence-electron chi connectivity index (χ4n) is 4.62. The summed E-state index contributed by atoms with van der Waals surface area (Å²) in [7, 11) is 1.59. The van der Waals surface area contributed by atoms with Crippen LogP contribution in [0.2, 0.25) is 0 Å². The molecule has 2 heterocycles. The Kier molecular flexibility index (Phi) is 9.11. The maximum Gasteiger partial charge on any atom is 0.355 e. The molecule has 1 saturated heterocycles. The van der Waals surface area contributed by atoms with Gasteiger partial charge in [-0.25, -0.2) is 4.79 Å². The van der Waals surface area contributed by atoms with Gasteiger partial charge in [0.2, 0.25) is 5.91 Å². The molecule has 2 amide bonds. The molecule has 0 unspecified atom stereocenters. The van der Waals surface area contributed by atoms with Gasteiger partial charge in [0, 0.05) is 11.6 Å². The minimum atomic E-state index is -0.714. The zero-order valence-corrected chi connectivity index (χ0v) is 24.0. The number of fused-ring (bicyclic) bond motifs is 1. The second-order valence-corrected chi connectivity index (χ2v) is 11.0. The highest BCUT2D eigenvalue weighted by atomic mass is 35.5. The van der Waals surface area contributed by atoms with Gasteiger partial charge in [0.05, 0.1) is 13.5 Å². The lowest BCUT2D eigenvalue weighted by Crippen LogP contribution is -2.70. The van der Waals surface area contributed by atoms with Crippen LogP contribution in [0.25, 0.3) is 6.08 Å². The first-order chi connectivity index (χ1) is 20.0. The molecule has 0 spiro atoms. The van der Waals surface area contributed by atoms with E-state index in [4.69, 9.17) is 21.1 Å². The Labute approximate surface area is 248 Å². The zero-order chi connectivity index (χ0) is 28.8. The number of amides is 2. The average Bonchev–Trinajstić information content (AvgIpc) is 3.02. The van der Waals surface area contributed by atoms with Crippen LogP contribution in [-0.2, 0) is 38.0 Å². The number of thioether (sulfide) groups is 1. The third kappa shape index (κ3) is 6.66. The maximum atomic E-state index is 13.5. The summed E-state index contributed by atoms with van der Waals surface area (Å²) in [5.74, 6) is 0.435. The fraction of sp³-hybridized carbons (Fsp3) is 0.219. The molecule has 0 bridgehead atoms. The number of carbonyl (C=O) groups excluding carboxylic acids is 3. The predicted molar refractivity (Wildman–Crippen MR) is 160 cm³/mol. The average molecular weight is 589 g/mol. The number of hydrogen-bond acceptors (Lipinski definition) is 6. The van der Waals surface area contributed by atoms with Crippen molar-refractivity contribution in [2.24, 2.45) is 0 Å². The van der Waals surface area contributed by atoms with Crippen LogP contribution in [0.4, 0.5) is 0 Å². The molecule has 0 aromatic heterocycles. The topological polar surface area (TPSA) is 84.9 Å². The summed E-state index contributed by atoms with van der Waals surface area (Å²) < 4.78 is 10.9. The number of nitrogens with zero attached hydrogens (tertiary/aromatic N) is 1. The Morgan fingerprint density at radius 1 is 0.976 bits per heavy atom. The second kappa shape index (κ2) is 13.1. The Morgan fingerprint density at radius 2 is 1.68 bits per heavy atom. The molecule has 0 aliphatic carbocycles. The first-order valence-corrected chi connectivity index (χ1v) is 14.7. The third-order valence-corrected chi connectivity index (χ3v) is 8.47. The summed E-state index contributed by atoms with van der Waals surface area (Å²) >= 11 is 7.41. The van der Waals surface area contributed by atoms with Crippen LogP contribution in [0.3, 0.4) is 0 Å². The normalized spacial score (nSPS) is 18.1. The van der Waals surface area contributed by atoms with Crippen molar-refractivity contribution in [1.29, 1.82) is 0 Å². The molecule has 0 saturated carbocycles. The Morgan fingerprint density at radius 3 is 2.37 bits per heavy atom. The largest absolute Gasteiger partial charge is 0.497 e. The Bertz CT molecular complexity index is 1470. The minimum absolute atomic E-state index is 0.0420. The second-order valence-electron chi connectivity index (χ2n) is 9.62. The fourth-order valence-corrected chi connectivity index (χ4v) is 6.12. The molecule has 3 aromatic rings. The summed E-state index contributed by atoms with van der Waals surface area (Å²) in [4.78, 5) is 41.0. The van der Waals surface area contributed by atoms with Crippen LogP contribution in [0, 0.1) is 0 Å². The summed E-state index contributed by atoms with van der Waals surface area (Å²) in [5.41, 5.74) is 4.47. The van der Waals surface area contributed by atoms with Crippen LogP contribution in [-0.4, -0.2) is 47.0 Å². The van der Waals surface area contributed by atoms with Gasteiger partial charge in [-0.1, -0.05) is 78.9 Å². The van der Waals surface area contributed by atoms with E-state index >= 15 is 0 Å². The van der Waals surface area contributed by atoms with Crippen molar-refractivity contribution >= 4 is 47.2 Å². The Hall–Kier alpha value is -4.01. The van der Waals surface area contributed by atoms with Crippen molar-refractivity contribution in [3.05, 3.63) is 118 Å². The van der Waals surface area contributed by atoms with E-state index in [1.165, 1.54) is 16.7 Å². The van der Waals surface area contributed by atoms with Crippen LogP contribution in [0.5, 0.6) is 5.75 Å². The standard InChI is InChI=1S/C32H29ClN2O5S/c1-39-26-15-12-24(13-16-26)19-40-32(38)29-25(14-11-21-7-9-23(18-33)10-8-21)20-41-31-28(30(37)35(29)31)34-27(36)17-22-5-3-2-4-6-22/h2-16,28,31H,17-20H2,1H3,(H,34,36)/b14-11+/t28-,31-/m1/s1. The van der Waals surface area contributed by atoms with Gasteiger partial charge in [-0.3, -0.25) is 14.5 Å². The van der Waals surface area contributed by atoms with E-state index in [9.17, 15) is 14.4 Å². The van der Waals surface area contributed by atoms with Crippen molar-refractivity contribution in [1.82, 2.24) is 10.2 Å². The van der Waals surface area contributed by atoms with E-state index in [0.29, 0.717) is 23.0 Å². The highest BCUT2D eigenvalue weighted by molar-refractivity contribution is 8.00. The van der Waals surface area contributed by atoms with Gasteiger partial charge in [0.25, 0.3) is 5.91 Å². The van der Waals surface area contributed by atoms with Gasteiger partial charge in [-0.15, -0.1) is 23.4 Å². The van der Waals surface area contributed by atoms with E-state index < -0.39 is 17.4 Å². The van der Waals surface area contributed by atoms with Crippen molar-refractivity contribution in [2.45, 2.75) is 30.3 Å². The minimum Gasteiger partial charge on any atom is -0.497 e. The van der Waals surface area contributed by atoms with Crippen LogP contribution in [0.1, 0.15) is 22.3 Å². The number of rotatable bonds is 10. The smallest absolute Gasteiger partial charge is 0.355 e. The van der Waals surface area contributed by atoms with Gasteiger partial charge in [-0.2, -0.15) is 0 Å². The quantitative estimate of drug-likeness (QED) is 0.202. The van der Waals surface area contributed by atoms with Crippen molar-refractivity contribution in [3.8, 4) is 5.75 Å². The molecule has 1 N–H and O–H groups in total. The molecule has 41 heavy (non-hydrogen) atoms. The lowest BCUT2D eigenvalue weighted by molar-refractivity contribution is -0.153. The van der Waals surface area contributed by atoms with Crippen LogP contribution in [0.15, 0.2) is 96.2 Å².